The summed E-state index contributed by atoms with van der Waals surface area (Å²) in [6, 6.07) is -0.603. The summed E-state index contributed by atoms with van der Waals surface area (Å²) in [5.74, 6) is 0. The van der Waals surface area contributed by atoms with Crippen molar-refractivity contribution < 1.29 is 18.8 Å². The first-order valence-corrected chi connectivity index (χ1v) is 7.27. The third kappa shape index (κ3) is 3.71. The van der Waals surface area contributed by atoms with Crippen molar-refractivity contribution in [2.24, 2.45) is 0 Å². The molecule has 1 saturated heterocycles. The zero-order chi connectivity index (χ0) is 16.1. The second-order valence-electron chi connectivity index (χ2n) is 5.22. The number of rotatable bonds is 5. The largest absolute Gasteiger partial charge is 0.449 e. The fourth-order valence-electron chi connectivity index (χ4n) is 2.36. The van der Waals surface area contributed by atoms with Crippen LogP contribution < -0.4 is 0 Å². The molecule has 1 aliphatic rings. The van der Waals surface area contributed by atoms with E-state index >= 15 is 0 Å². The highest BCUT2D eigenvalue weighted by atomic mass is 19.1. The summed E-state index contributed by atoms with van der Waals surface area (Å²) in [6.45, 7) is 2.56. The number of piperidine rings is 1. The van der Waals surface area contributed by atoms with E-state index in [9.17, 15) is 19.3 Å². The number of ether oxygens (including phenoxy) is 1. The van der Waals surface area contributed by atoms with Crippen molar-refractivity contribution in [1.29, 1.82) is 0 Å². The van der Waals surface area contributed by atoms with Crippen LogP contribution in [0.4, 0.5) is 14.9 Å². The Morgan fingerprint density at radius 1 is 1.64 bits per heavy atom. The summed E-state index contributed by atoms with van der Waals surface area (Å²) in [5.41, 5.74) is -0.173. The van der Waals surface area contributed by atoms with Crippen LogP contribution in [0.2, 0.25) is 0 Å². The highest BCUT2D eigenvalue weighted by Gasteiger charge is 2.34. The molecule has 0 aliphatic carbocycles. The molecule has 1 aromatic heterocycles. The Bertz CT molecular complexity index is 536. The summed E-state index contributed by atoms with van der Waals surface area (Å²) < 4.78 is 20.6. The highest BCUT2D eigenvalue weighted by molar-refractivity contribution is 5.67. The Morgan fingerprint density at radius 3 is 3.00 bits per heavy atom. The molecule has 22 heavy (non-hydrogen) atoms. The molecule has 1 amide bonds. The molecule has 2 rings (SSSR count). The second-order valence-corrected chi connectivity index (χ2v) is 5.22. The van der Waals surface area contributed by atoms with E-state index in [0.717, 1.165) is 19.0 Å². The lowest BCUT2D eigenvalue weighted by molar-refractivity contribution is -0.385. The van der Waals surface area contributed by atoms with E-state index in [-0.39, 0.29) is 12.2 Å². The predicted octanol–water partition coefficient (Wildman–Crippen LogP) is 2.31. The van der Waals surface area contributed by atoms with Gasteiger partial charge in [-0.1, -0.05) is 13.3 Å². The molecule has 0 aromatic carbocycles. The van der Waals surface area contributed by atoms with E-state index in [1.54, 1.807) is 0 Å². The molecule has 0 spiro atoms. The molecule has 0 unspecified atom stereocenters. The second kappa shape index (κ2) is 7.19. The monoisotopic (exact) mass is 314 g/mol. The van der Waals surface area contributed by atoms with Crippen LogP contribution >= 0.6 is 0 Å². The van der Waals surface area contributed by atoms with Crippen LogP contribution in [0.15, 0.2) is 12.4 Å². The molecular formula is C13H19FN4O4. The lowest BCUT2D eigenvalue weighted by Gasteiger charge is -2.33. The minimum Gasteiger partial charge on any atom is -0.449 e. The Morgan fingerprint density at radius 2 is 2.41 bits per heavy atom. The fraction of sp³-hybridized carbons (Fsp3) is 0.692. The number of alkyl halides is 1. The number of likely N-dealkylation sites (tertiary alicyclic amines) is 1. The van der Waals surface area contributed by atoms with E-state index in [1.807, 2.05) is 6.92 Å². The molecule has 1 aromatic rings. The van der Waals surface area contributed by atoms with Gasteiger partial charge in [-0.05, 0) is 12.8 Å². The lowest BCUT2D eigenvalue weighted by Crippen LogP contribution is -2.46. The van der Waals surface area contributed by atoms with Gasteiger partial charge in [0.05, 0.1) is 24.1 Å². The maximum atomic E-state index is 14.3. The molecule has 8 nitrogen and oxygen atoms in total. The maximum Gasteiger partial charge on any atom is 0.409 e. The number of halogens is 1. The quantitative estimate of drug-likeness (QED) is 0.472. The number of hydrogen-bond donors (Lipinski definition) is 0. The third-order valence-electron chi connectivity index (χ3n) is 3.63. The van der Waals surface area contributed by atoms with Crippen molar-refractivity contribution >= 4 is 11.8 Å². The molecule has 2 atom stereocenters. The van der Waals surface area contributed by atoms with Gasteiger partial charge in [0, 0.05) is 6.54 Å². The molecule has 1 aliphatic heterocycles. The minimum absolute atomic E-state index is 0.0940. The summed E-state index contributed by atoms with van der Waals surface area (Å²) in [6.07, 6.45) is 2.48. The first kappa shape index (κ1) is 16.2. The first-order chi connectivity index (χ1) is 10.5. The van der Waals surface area contributed by atoms with Crippen LogP contribution in [-0.2, 0) is 4.74 Å². The molecule has 0 saturated carbocycles. The maximum absolute atomic E-state index is 14.3. The van der Waals surface area contributed by atoms with Gasteiger partial charge in [-0.3, -0.25) is 14.8 Å². The average Bonchev–Trinajstić information content (AvgIpc) is 2.97. The predicted molar refractivity (Wildman–Crippen MR) is 75.3 cm³/mol. The Labute approximate surface area is 127 Å². The first-order valence-electron chi connectivity index (χ1n) is 7.27. The van der Waals surface area contributed by atoms with Crippen LogP contribution in [0.5, 0.6) is 0 Å². The number of aromatic nitrogens is 2. The number of nitrogens with zero attached hydrogens (tertiary/aromatic N) is 4. The molecular weight excluding hydrogens is 295 g/mol. The van der Waals surface area contributed by atoms with Crippen molar-refractivity contribution in [1.82, 2.24) is 14.7 Å². The van der Waals surface area contributed by atoms with Gasteiger partial charge >= 0.3 is 11.8 Å². The van der Waals surface area contributed by atoms with Crippen LogP contribution in [0, 0.1) is 10.1 Å². The summed E-state index contributed by atoms with van der Waals surface area (Å²) in [4.78, 5) is 23.2. The Balaban J connectivity index is 1.91. The Kier molecular flexibility index (Phi) is 5.29. The van der Waals surface area contributed by atoms with E-state index < -0.39 is 23.2 Å². The standard InChI is InChI=1S/C13H19FN4O4/c1-2-3-6-22-13(19)16-5-4-12(11(14)9-16)17-8-10(7-15-17)18(20)21/h7-8,11-12H,2-6,9H2,1H3/t11-,12-/m0/s1. The van der Waals surface area contributed by atoms with Crippen molar-refractivity contribution in [2.75, 3.05) is 19.7 Å². The van der Waals surface area contributed by atoms with Gasteiger partial charge in [0.15, 0.2) is 0 Å². The highest BCUT2D eigenvalue weighted by Crippen LogP contribution is 2.26. The fourth-order valence-corrected chi connectivity index (χ4v) is 2.36. The number of unbranched alkanes of at least 4 members (excludes halogenated alkanes) is 1. The minimum atomic E-state index is -1.34. The number of carbonyl (C=O) groups excluding carboxylic acids is 1. The van der Waals surface area contributed by atoms with E-state index in [4.69, 9.17) is 4.74 Å². The third-order valence-corrected chi connectivity index (χ3v) is 3.63. The van der Waals surface area contributed by atoms with Crippen LogP contribution in [-0.4, -0.2) is 51.6 Å². The van der Waals surface area contributed by atoms with Crippen molar-refractivity contribution in [3.05, 3.63) is 22.5 Å². The van der Waals surface area contributed by atoms with Crippen LogP contribution in [0.3, 0.4) is 0 Å². The number of carbonyl (C=O) groups is 1. The molecule has 0 N–H and O–H groups in total. The van der Waals surface area contributed by atoms with Crippen LogP contribution in [0.1, 0.15) is 32.2 Å². The molecule has 0 bridgehead atoms. The topological polar surface area (TPSA) is 90.5 Å². The summed E-state index contributed by atoms with van der Waals surface area (Å²) in [7, 11) is 0. The normalized spacial score (nSPS) is 21.6. The Hall–Kier alpha value is -2.19. The SMILES string of the molecule is CCCCOC(=O)N1CC[C@H](n2cc([N+](=O)[O-])cn2)[C@@H](F)C1. The van der Waals surface area contributed by atoms with Gasteiger partial charge in [0.2, 0.25) is 0 Å². The summed E-state index contributed by atoms with van der Waals surface area (Å²) >= 11 is 0. The molecule has 0 radical (unpaired) electrons. The summed E-state index contributed by atoms with van der Waals surface area (Å²) in [5, 5.41) is 14.5. The molecule has 9 heteroatoms. The molecule has 2 heterocycles. The average molecular weight is 314 g/mol. The zero-order valence-electron chi connectivity index (χ0n) is 12.4. The van der Waals surface area contributed by atoms with Crippen LogP contribution in [0.25, 0.3) is 0 Å². The number of nitro groups is 1. The van der Waals surface area contributed by atoms with Gasteiger partial charge in [-0.15, -0.1) is 0 Å². The van der Waals surface area contributed by atoms with E-state index in [1.165, 1.54) is 15.8 Å². The van der Waals surface area contributed by atoms with Gasteiger partial charge in [-0.2, -0.15) is 5.10 Å². The smallest absolute Gasteiger partial charge is 0.409 e. The zero-order valence-corrected chi connectivity index (χ0v) is 12.4. The van der Waals surface area contributed by atoms with Gasteiger partial charge in [0.1, 0.15) is 18.6 Å². The number of amides is 1. The molecule has 122 valence electrons. The van der Waals surface area contributed by atoms with Gasteiger partial charge in [-0.25, -0.2) is 9.18 Å². The van der Waals surface area contributed by atoms with Crippen molar-refractivity contribution in [2.45, 2.75) is 38.4 Å². The molecule has 1 fully saturated rings. The van der Waals surface area contributed by atoms with Crippen molar-refractivity contribution in [3.8, 4) is 0 Å². The van der Waals surface area contributed by atoms with E-state index in [2.05, 4.69) is 5.10 Å². The van der Waals surface area contributed by atoms with Gasteiger partial charge < -0.3 is 9.64 Å². The van der Waals surface area contributed by atoms with E-state index in [0.29, 0.717) is 19.6 Å². The lowest BCUT2D eigenvalue weighted by atomic mass is 10.0. The van der Waals surface area contributed by atoms with Crippen molar-refractivity contribution in [3.63, 3.8) is 0 Å². The number of hydrogen-bond acceptors (Lipinski definition) is 5. The van der Waals surface area contributed by atoms with Gasteiger partial charge in [0.25, 0.3) is 0 Å².